The van der Waals surface area contributed by atoms with E-state index in [0.29, 0.717) is 19.5 Å². The van der Waals surface area contributed by atoms with Gasteiger partial charge in [0.25, 0.3) is 0 Å². The largest absolute Gasteiger partial charge is 0.345 e. The molecule has 3 rings (SSSR count). The van der Waals surface area contributed by atoms with Crippen LogP contribution in [0.3, 0.4) is 0 Å². The van der Waals surface area contributed by atoms with E-state index in [1.807, 2.05) is 31.2 Å². The average Bonchev–Trinajstić information content (AvgIpc) is 2.90. The second kappa shape index (κ2) is 7.53. The number of sulfonamides is 1. The number of nitrogens with one attached hydrogen (secondary N) is 1. The molecule has 136 valence electrons. The SMILES string of the molecule is Cc1ccccc1CS(=O)(=O)NCCCn1nc2n(c1=O)CCCC2. The summed E-state index contributed by atoms with van der Waals surface area (Å²) >= 11 is 0. The highest BCUT2D eigenvalue weighted by atomic mass is 32.2. The van der Waals surface area contributed by atoms with Crippen LogP contribution in [0, 0.1) is 6.92 Å². The van der Waals surface area contributed by atoms with Crippen molar-refractivity contribution in [2.75, 3.05) is 6.54 Å². The summed E-state index contributed by atoms with van der Waals surface area (Å²) < 4.78 is 30.2. The zero-order valence-corrected chi connectivity index (χ0v) is 15.3. The van der Waals surface area contributed by atoms with Crippen molar-refractivity contribution in [1.29, 1.82) is 0 Å². The maximum atomic E-state index is 12.2. The van der Waals surface area contributed by atoms with Gasteiger partial charge >= 0.3 is 5.69 Å². The highest BCUT2D eigenvalue weighted by Gasteiger charge is 2.17. The Morgan fingerprint density at radius 1 is 1.24 bits per heavy atom. The summed E-state index contributed by atoms with van der Waals surface area (Å²) in [5.41, 5.74) is 1.67. The van der Waals surface area contributed by atoms with Gasteiger partial charge in [-0.2, -0.15) is 5.10 Å². The second-order valence-electron chi connectivity index (χ2n) is 6.46. The van der Waals surface area contributed by atoms with Crippen molar-refractivity contribution in [3.63, 3.8) is 0 Å². The minimum Gasteiger partial charge on any atom is -0.279 e. The molecular weight excluding hydrogens is 340 g/mol. The van der Waals surface area contributed by atoms with Gasteiger partial charge in [-0.25, -0.2) is 22.6 Å². The van der Waals surface area contributed by atoms with Crippen LogP contribution in [0.5, 0.6) is 0 Å². The minimum atomic E-state index is -3.39. The lowest BCUT2D eigenvalue weighted by molar-refractivity contribution is 0.508. The first kappa shape index (κ1) is 17.9. The third-order valence-corrected chi connectivity index (χ3v) is 5.84. The molecule has 1 aliphatic heterocycles. The molecule has 0 bridgehead atoms. The smallest absolute Gasteiger partial charge is 0.279 e. The fourth-order valence-corrected chi connectivity index (χ4v) is 4.37. The third-order valence-electron chi connectivity index (χ3n) is 4.51. The molecule has 25 heavy (non-hydrogen) atoms. The molecule has 0 unspecified atom stereocenters. The minimum absolute atomic E-state index is 0.0294. The lowest BCUT2D eigenvalue weighted by Crippen LogP contribution is -2.30. The van der Waals surface area contributed by atoms with Crippen LogP contribution in [0.1, 0.15) is 36.2 Å². The van der Waals surface area contributed by atoms with Crippen LogP contribution in [-0.2, 0) is 35.3 Å². The Kier molecular flexibility index (Phi) is 5.39. The van der Waals surface area contributed by atoms with Gasteiger partial charge in [0.1, 0.15) is 5.82 Å². The summed E-state index contributed by atoms with van der Waals surface area (Å²) in [4.78, 5) is 12.2. The highest BCUT2D eigenvalue weighted by molar-refractivity contribution is 7.88. The van der Waals surface area contributed by atoms with E-state index in [1.54, 1.807) is 4.57 Å². The van der Waals surface area contributed by atoms with Gasteiger partial charge in [0.15, 0.2) is 0 Å². The standard InChI is InChI=1S/C17H24N4O3S/c1-14-7-2-3-8-15(14)13-25(23,24)18-10-6-12-21-17(22)20-11-5-4-9-16(20)19-21/h2-3,7-8,18H,4-6,9-13H2,1H3. The van der Waals surface area contributed by atoms with Gasteiger partial charge in [0, 0.05) is 26.1 Å². The first-order valence-corrected chi connectivity index (χ1v) is 10.3. The number of fused-ring (bicyclic) bond motifs is 1. The lowest BCUT2D eigenvalue weighted by atomic mass is 10.1. The van der Waals surface area contributed by atoms with E-state index >= 15 is 0 Å². The van der Waals surface area contributed by atoms with E-state index in [4.69, 9.17) is 0 Å². The first-order valence-electron chi connectivity index (χ1n) is 8.65. The summed E-state index contributed by atoms with van der Waals surface area (Å²) in [5, 5.41) is 4.35. The molecule has 2 heterocycles. The maximum absolute atomic E-state index is 12.2. The normalized spacial score (nSPS) is 14.4. The van der Waals surface area contributed by atoms with Crippen LogP contribution >= 0.6 is 0 Å². The topological polar surface area (TPSA) is 86.0 Å². The molecular formula is C17H24N4O3S. The molecule has 8 heteroatoms. The maximum Gasteiger partial charge on any atom is 0.345 e. The van der Waals surface area contributed by atoms with Crippen molar-refractivity contribution >= 4 is 10.0 Å². The van der Waals surface area contributed by atoms with E-state index in [2.05, 4.69) is 9.82 Å². The number of benzene rings is 1. The zero-order valence-electron chi connectivity index (χ0n) is 14.4. The van der Waals surface area contributed by atoms with Crippen LogP contribution in [-0.4, -0.2) is 29.3 Å². The molecule has 2 aromatic rings. The molecule has 1 aliphatic rings. The second-order valence-corrected chi connectivity index (χ2v) is 8.27. The molecule has 0 fully saturated rings. The van der Waals surface area contributed by atoms with Crippen LogP contribution in [0.4, 0.5) is 0 Å². The molecule has 0 spiro atoms. The van der Waals surface area contributed by atoms with Gasteiger partial charge in [-0.15, -0.1) is 0 Å². The van der Waals surface area contributed by atoms with Crippen LogP contribution in [0.2, 0.25) is 0 Å². The zero-order chi connectivity index (χ0) is 17.9. The summed E-state index contributed by atoms with van der Waals surface area (Å²) in [6, 6.07) is 7.45. The third kappa shape index (κ3) is 4.38. The fourth-order valence-electron chi connectivity index (χ4n) is 3.08. The summed E-state index contributed by atoms with van der Waals surface area (Å²) in [7, 11) is -3.39. The Balaban J connectivity index is 1.52. The van der Waals surface area contributed by atoms with Crippen molar-refractivity contribution in [1.82, 2.24) is 19.1 Å². The van der Waals surface area contributed by atoms with Crippen molar-refractivity contribution in [3.8, 4) is 0 Å². The quantitative estimate of drug-likeness (QED) is 0.748. The Morgan fingerprint density at radius 3 is 2.80 bits per heavy atom. The number of hydrogen-bond acceptors (Lipinski definition) is 4. The van der Waals surface area contributed by atoms with Crippen LogP contribution in [0.15, 0.2) is 29.1 Å². The van der Waals surface area contributed by atoms with Gasteiger partial charge in [-0.05, 0) is 37.3 Å². The van der Waals surface area contributed by atoms with Gasteiger partial charge < -0.3 is 0 Å². The molecule has 1 aromatic heterocycles. The summed E-state index contributed by atoms with van der Waals surface area (Å²) in [5.74, 6) is 0.815. The predicted molar refractivity (Wildman–Crippen MR) is 95.8 cm³/mol. The van der Waals surface area contributed by atoms with E-state index < -0.39 is 10.0 Å². The highest BCUT2D eigenvalue weighted by Crippen LogP contribution is 2.11. The number of rotatable bonds is 7. The van der Waals surface area contributed by atoms with E-state index in [9.17, 15) is 13.2 Å². The van der Waals surface area contributed by atoms with E-state index in [1.165, 1.54) is 4.68 Å². The van der Waals surface area contributed by atoms with Crippen LogP contribution < -0.4 is 10.4 Å². The molecule has 0 saturated heterocycles. The molecule has 1 N–H and O–H groups in total. The van der Waals surface area contributed by atoms with Gasteiger partial charge in [-0.1, -0.05) is 24.3 Å². The van der Waals surface area contributed by atoms with Crippen molar-refractivity contribution in [2.45, 2.75) is 51.4 Å². The average molecular weight is 364 g/mol. The van der Waals surface area contributed by atoms with E-state index in [0.717, 1.165) is 42.8 Å². The van der Waals surface area contributed by atoms with Crippen molar-refractivity contribution < 1.29 is 8.42 Å². The van der Waals surface area contributed by atoms with Crippen LogP contribution in [0.25, 0.3) is 0 Å². The molecule has 0 amide bonds. The molecule has 1 aromatic carbocycles. The monoisotopic (exact) mass is 364 g/mol. The Hall–Kier alpha value is -1.93. The lowest BCUT2D eigenvalue weighted by Gasteiger charge is -2.09. The predicted octanol–water partition coefficient (Wildman–Crippen LogP) is 1.20. The Morgan fingerprint density at radius 2 is 2.04 bits per heavy atom. The Bertz CT molecular complexity index is 899. The van der Waals surface area contributed by atoms with E-state index in [-0.39, 0.29) is 11.4 Å². The molecule has 7 nitrogen and oxygen atoms in total. The van der Waals surface area contributed by atoms with Crippen molar-refractivity contribution in [3.05, 3.63) is 51.7 Å². The van der Waals surface area contributed by atoms with Gasteiger partial charge in [-0.3, -0.25) is 4.57 Å². The van der Waals surface area contributed by atoms with Crippen molar-refractivity contribution in [2.24, 2.45) is 0 Å². The molecule has 0 aliphatic carbocycles. The number of aryl methyl sites for hydroxylation is 3. The summed E-state index contributed by atoms with van der Waals surface area (Å²) in [6.07, 6.45) is 3.45. The number of nitrogens with zero attached hydrogens (tertiary/aromatic N) is 3. The molecule has 0 saturated carbocycles. The summed E-state index contributed by atoms with van der Waals surface area (Å²) in [6.45, 7) is 3.35. The van der Waals surface area contributed by atoms with Gasteiger partial charge in [0.2, 0.25) is 10.0 Å². The number of aromatic nitrogens is 3. The molecule has 0 radical (unpaired) electrons. The van der Waals surface area contributed by atoms with Gasteiger partial charge in [0.05, 0.1) is 5.75 Å². The Labute approximate surface area is 147 Å². The fraction of sp³-hybridized carbons (Fsp3) is 0.529. The number of hydrogen-bond donors (Lipinski definition) is 1. The molecule has 0 atom stereocenters. The first-order chi connectivity index (χ1) is 12.0.